The molecule has 0 radical (unpaired) electrons. The van der Waals surface area contributed by atoms with Gasteiger partial charge >= 0.3 is 0 Å². The summed E-state index contributed by atoms with van der Waals surface area (Å²) in [7, 11) is 1.79. The predicted molar refractivity (Wildman–Crippen MR) is 86.4 cm³/mol. The van der Waals surface area contributed by atoms with Crippen molar-refractivity contribution in [2.75, 3.05) is 33.4 Å². The fraction of sp³-hybridized carbons (Fsp3) is 1.00. The molecule has 3 atom stereocenters. The first-order chi connectivity index (χ1) is 10.0. The summed E-state index contributed by atoms with van der Waals surface area (Å²) in [5, 5.41) is 0. The molecule has 0 aromatic rings. The van der Waals surface area contributed by atoms with Crippen LogP contribution in [0.1, 0.15) is 52.9 Å². The fourth-order valence-electron chi connectivity index (χ4n) is 3.98. The predicted octanol–water partition coefficient (Wildman–Crippen LogP) is 2.41. The van der Waals surface area contributed by atoms with Crippen molar-refractivity contribution in [3.8, 4) is 0 Å². The van der Waals surface area contributed by atoms with E-state index in [0.29, 0.717) is 12.6 Å². The topological polar surface area (TPSA) is 47.7 Å². The number of methoxy groups -OCH3 is 1. The number of rotatable bonds is 8. The summed E-state index contributed by atoms with van der Waals surface area (Å²) in [6.45, 7) is 10.1. The van der Waals surface area contributed by atoms with E-state index in [-0.39, 0.29) is 11.1 Å². The average molecular weight is 298 g/mol. The lowest BCUT2D eigenvalue weighted by Crippen LogP contribution is -2.64. The monoisotopic (exact) mass is 298 g/mol. The molecule has 4 heteroatoms. The SMILES string of the molecule is CCC1(C)CC(CN)(N(CCOC)C(C)C2CC2)CCO1. The molecule has 2 rings (SSSR count). The highest BCUT2D eigenvalue weighted by Gasteiger charge is 2.48. The third-order valence-corrected chi connectivity index (χ3v) is 5.79. The summed E-state index contributed by atoms with van der Waals surface area (Å²) >= 11 is 0. The highest BCUT2D eigenvalue weighted by molar-refractivity contribution is 5.03. The van der Waals surface area contributed by atoms with E-state index < -0.39 is 0 Å². The standard InChI is InChI=1S/C17H34N2O2/c1-5-16(3)12-17(13-18,8-10-21-16)19(9-11-20-4)14(2)15-6-7-15/h14-15H,5-13,18H2,1-4H3. The van der Waals surface area contributed by atoms with E-state index in [0.717, 1.165) is 44.9 Å². The summed E-state index contributed by atoms with van der Waals surface area (Å²) in [4.78, 5) is 2.66. The van der Waals surface area contributed by atoms with Crippen molar-refractivity contribution in [3.05, 3.63) is 0 Å². The molecule has 4 nitrogen and oxygen atoms in total. The molecule has 1 heterocycles. The second-order valence-corrected chi connectivity index (χ2v) is 7.27. The Hall–Kier alpha value is -0.160. The van der Waals surface area contributed by atoms with E-state index in [9.17, 15) is 0 Å². The van der Waals surface area contributed by atoms with Gasteiger partial charge in [0.05, 0.1) is 12.2 Å². The Kier molecular flexibility index (Phi) is 5.69. The lowest BCUT2D eigenvalue weighted by Gasteiger charge is -2.53. The molecule has 1 saturated heterocycles. The van der Waals surface area contributed by atoms with Crippen LogP contribution in [-0.4, -0.2) is 55.5 Å². The fourth-order valence-corrected chi connectivity index (χ4v) is 3.98. The third-order valence-electron chi connectivity index (χ3n) is 5.79. The first-order valence-corrected chi connectivity index (χ1v) is 8.60. The van der Waals surface area contributed by atoms with E-state index >= 15 is 0 Å². The molecule has 0 amide bonds. The Bertz CT molecular complexity index is 335. The van der Waals surface area contributed by atoms with E-state index in [4.69, 9.17) is 15.2 Å². The van der Waals surface area contributed by atoms with Crippen molar-refractivity contribution < 1.29 is 9.47 Å². The largest absolute Gasteiger partial charge is 0.383 e. The van der Waals surface area contributed by atoms with Gasteiger partial charge in [0, 0.05) is 38.4 Å². The van der Waals surface area contributed by atoms with Crippen LogP contribution in [-0.2, 0) is 9.47 Å². The maximum atomic E-state index is 6.31. The van der Waals surface area contributed by atoms with Crippen LogP contribution < -0.4 is 5.73 Å². The van der Waals surface area contributed by atoms with Crippen LogP contribution in [0.15, 0.2) is 0 Å². The highest BCUT2D eigenvalue weighted by atomic mass is 16.5. The Labute approximate surface area is 130 Å². The Balaban J connectivity index is 2.19. The second kappa shape index (κ2) is 6.95. The van der Waals surface area contributed by atoms with Gasteiger partial charge in [-0.3, -0.25) is 4.90 Å². The van der Waals surface area contributed by atoms with Crippen LogP contribution in [0.3, 0.4) is 0 Å². The van der Waals surface area contributed by atoms with Gasteiger partial charge in [-0.2, -0.15) is 0 Å². The molecule has 1 aliphatic heterocycles. The molecule has 2 N–H and O–H groups in total. The molecule has 21 heavy (non-hydrogen) atoms. The summed E-state index contributed by atoms with van der Waals surface area (Å²) in [5.41, 5.74) is 6.34. The molecular weight excluding hydrogens is 264 g/mol. The maximum absolute atomic E-state index is 6.31. The molecule has 1 aliphatic carbocycles. The Morgan fingerprint density at radius 2 is 2.14 bits per heavy atom. The minimum Gasteiger partial charge on any atom is -0.383 e. The van der Waals surface area contributed by atoms with E-state index in [1.807, 2.05) is 0 Å². The summed E-state index contributed by atoms with van der Waals surface area (Å²) < 4.78 is 11.4. The van der Waals surface area contributed by atoms with Gasteiger partial charge in [0.25, 0.3) is 0 Å². The molecule has 0 spiro atoms. The Morgan fingerprint density at radius 1 is 1.43 bits per heavy atom. The molecule has 124 valence electrons. The quantitative estimate of drug-likeness (QED) is 0.747. The van der Waals surface area contributed by atoms with E-state index in [1.54, 1.807) is 7.11 Å². The van der Waals surface area contributed by atoms with Crippen molar-refractivity contribution in [2.24, 2.45) is 11.7 Å². The molecule has 0 aromatic carbocycles. The lowest BCUT2D eigenvalue weighted by atomic mass is 9.77. The highest BCUT2D eigenvalue weighted by Crippen LogP contribution is 2.43. The van der Waals surface area contributed by atoms with E-state index in [2.05, 4.69) is 25.7 Å². The van der Waals surface area contributed by atoms with Crippen LogP contribution in [0.25, 0.3) is 0 Å². The molecule has 0 bridgehead atoms. The molecule has 2 aliphatic rings. The lowest BCUT2D eigenvalue weighted by molar-refractivity contribution is -0.139. The van der Waals surface area contributed by atoms with Crippen LogP contribution in [0.4, 0.5) is 0 Å². The smallest absolute Gasteiger partial charge is 0.0670 e. The summed E-state index contributed by atoms with van der Waals surface area (Å²) in [6.07, 6.45) is 5.86. The van der Waals surface area contributed by atoms with Crippen LogP contribution in [0.5, 0.6) is 0 Å². The minimum absolute atomic E-state index is 0.0355. The van der Waals surface area contributed by atoms with E-state index in [1.165, 1.54) is 12.8 Å². The van der Waals surface area contributed by atoms with Crippen molar-refractivity contribution in [2.45, 2.75) is 70.1 Å². The van der Waals surface area contributed by atoms with Crippen LogP contribution >= 0.6 is 0 Å². The number of hydrogen-bond acceptors (Lipinski definition) is 4. The number of ether oxygens (including phenoxy) is 2. The zero-order chi connectivity index (χ0) is 15.5. The molecule has 2 fully saturated rings. The number of nitrogens with two attached hydrogens (primary N) is 1. The normalized spacial score (nSPS) is 35.1. The van der Waals surface area contributed by atoms with Gasteiger partial charge in [-0.15, -0.1) is 0 Å². The first kappa shape index (κ1) is 17.2. The minimum atomic E-state index is -0.0355. The number of hydrogen-bond donors (Lipinski definition) is 1. The van der Waals surface area contributed by atoms with Gasteiger partial charge in [-0.1, -0.05) is 6.92 Å². The van der Waals surface area contributed by atoms with Gasteiger partial charge < -0.3 is 15.2 Å². The zero-order valence-corrected chi connectivity index (χ0v) is 14.4. The molecule has 0 aromatic heterocycles. The van der Waals surface area contributed by atoms with Gasteiger partial charge in [-0.05, 0) is 51.9 Å². The molecule has 3 unspecified atom stereocenters. The summed E-state index contributed by atoms with van der Waals surface area (Å²) in [6, 6.07) is 0.600. The van der Waals surface area contributed by atoms with Crippen molar-refractivity contribution in [1.82, 2.24) is 4.90 Å². The van der Waals surface area contributed by atoms with Gasteiger partial charge in [-0.25, -0.2) is 0 Å². The molecule has 1 saturated carbocycles. The van der Waals surface area contributed by atoms with Crippen LogP contribution in [0, 0.1) is 5.92 Å². The van der Waals surface area contributed by atoms with Crippen molar-refractivity contribution in [3.63, 3.8) is 0 Å². The average Bonchev–Trinajstić information content (AvgIpc) is 3.32. The van der Waals surface area contributed by atoms with Gasteiger partial charge in [0.15, 0.2) is 0 Å². The van der Waals surface area contributed by atoms with Crippen molar-refractivity contribution >= 4 is 0 Å². The Morgan fingerprint density at radius 3 is 2.67 bits per heavy atom. The van der Waals surface area contributed by atoms with Gasteiger partial charge in [0.2, 0.25) is 0 Å². The first-order valence-electron chi connectivity index (χ1n) is 8.60. The van der Waals surface area contributed by atoms with Crippen LogP contribution in [0.2, 0.25) is 0 Å². The van der Waals surface area contributed by atoms with Crippen molar-refractivity contribution in [1.29, 1.82) is 0 Å². The van der Waals surface area contributed by atoms with Gasteiger partial charge in [0.1, 0.15) is 0 Å². The third kappa shape index (κ3) is 3.79. The summed E-state index contributed by atoms with van der Waals surface area (Å²) in [5.74, 6) is 0.848. The number of nitrogens with zero attached hydrogens (tertiary/aromatic N) is 1. The maximum Gasteiger partial charge on any atom is 0.0670 e. The molecular formula is C17H34N2O2. The second-order valence-electron chi connectivity index (χ2n) is 7.27. The zero-order valence-electron chi connectivity index (χ0n) is 14.4.